The maximum Gasteiger partial charge on any atom is 0.425 e. The summed E-state index contributed by atoms with van der Waals surface area (Å²) in [7, 11) is 0. The minimum Gasteiger partial charge on any atom is -0.454 e. The summed E-state index contributed by atoms with van der Waals surface area (Å²) in [6.45, 7) is -0.564. The van der Waals surface area contributed by atoms with E-state index in [1.54, 1.807) is 18.2 Å². The lowest BCUT2D eigenvalue weighted by Gasteiger charge is -2.08. The smallest absolute Gasteiger partial charge is 0.425 e. The standard InChI is InChI=1S/C13H9F3O3S/c14-13(15,16)12-8(4-17)9(5-20-12)7-1-2-10-11(3-7)19-6-18-10/h1-3,5,17H,4,6H2. The quantitative estimate of drug-likeness (QED) is 0.920. The van der Waals surface area contributed by atoms with Crippen molar-refractivity contribution in [2.75, 3.05) is 6.79 Å². The summed E-state index contributed by atoms with van der Waals surface area (Å²) >= 11 is 0.579. The summed E-state index contributed by atoms with van der Waals surface area (Å²) in [5.41, 5.74) is 0.814. The third kappa shape index (κ3) is 2.12. The molecular formula is C13H9F3O3S. The van der Waals surface area contributed by atoms with Crippen LogP contribution < -0.4 is 9.47 Å². The monoisotopic (exact) mass is 302 g/mol. The first-order valence-electron chi connectivity index (χ1n) is 5.69. The molecule has 0 spiro atoms. The lowest BCUT2D eigenvalue weighted by molar-refractivity contribution is -0.135. The number of halogens is 3. The predicted octanol–water partition coefficient (Wildman–Crippen LogP) is 3.65. The van der Waals surface area contributed by atoms with Gasteiger partial charge in [-0.05, 0) is 28.6 Å². The second-order valence-corrected chi connectivity index (χ2v) is 5.06. The second kappa shape index (κ2) is 4.68. The Hall–Kier alpha value is -1.73. The fourth-order valence-electron chi connectivity index (χ4n) is 2.08. The molecule has 106 valence electrons. The number of aliphatic hydroxyl groups excluding tert-OH is 1. The summed E-state index contributed by atoms with van der Waals surface area (Å²) < 4.78 is 48.9. The van der Waals surface area contributed by atoms with Gasteiger partial charge in [-0.2, -0.15) is 13.2 Å². The molecule has 3 rings (SSSR count). The molecule has 1 aromatic heterocycles. The first-order chi connectivity index (χ1) is 9.50. The molecule has 1 aromatic carbocycles. The molecule has 7 heteroatoms. The van der Waals surface area contributed by atoms with E-state index < -0.39 is 17.7 Å². The molecule has 0 radical (unpaired) electrons. The van der Waals surface area contributed by atoms with E-state index in [-0.39, 0.29) is 12.4 Å². The van der Waals surface area contributed by atoms with E-state index in [4.69, 9.17) is 9.47 Å². The fourth-order valence-corrected chi connectivity index (χ4v) is 3.05. The van der Waals surface area contributed by atoms with Gasteiger partial charge in [0, 0.05) is 5.56 Å². The largest absolute Gasteiger partial charge is 0.454 e. The van der Waals surface area contributed by atoms with Crippen LogP contribution in [0.1, 0.15) is 10.4 Å². The fraction of sp³-hybridized carbons (Fsp3) is 0.231. The molecule has 0 saturated heterocycles. The minimum atomic E-state index is -4.46. The molecule has 0 saturated carbocycles. The topological polar surface area (TPSA) is 38.7 Å². The number of hydrogen-bond donors (Lipinski definition) is 1. The molecule has 3 nitrogen and oxygen atoms in total. The van der Waals surface area contributed by atoms with Crippen molar-refractivity contribution in [2.24, 2.45) is 0 Å². The molecule has 1 aliphatic rings. The van der Waals surface area contributed by atoms with Crippen molar-refractivity contribution in [3.8, 4) is 22.6 Å². The predicted molar refractivity (Wildman–Crippen MR) is 66.8 cm³/mol. The first kappa shape index (κ1) is 13.3. The molecule has 0 unspecified atom stereocenters. The number of thiophene rings is 1. The number of hydrogen-bond acceptors (Lipinski definition) is 4. The maximum absolute atomic E-state index is 12.8. The molecule has 0 aliphatic carbocycles. The molecule has 2 heterocycles. The van der Waals surface area contributed by atoms with Crippen molar-refractivity contribution < 1.29 is 27.8 Å². The van der Waals surface area contributed by atoms with Crippen LogP contribution in [-0.4, -0.2) is 11.9 Å². The highest BCUT2D eigenvalue weighted by molar-refractivity contribution is 7.10. The van der Waals surface area contributed by atoms with Crippen LogP contribution in [0.4, 0.5) is 13.2 Å². The van der Waals surface area contributed by atoms with Crippen molar-refractivity contribution in [3.63, 3.8) is 0 Å². The van der Waals surface area contributed by atoms with Crippen LogP contribution in [0.5, 0.6) is 11.5 Å². The summed E-state index contributed by atoms with van der Waals surface area (Å²) in [5, 5.41) is 10.7. The average molecular weight is 302 g/mol. The van der Waals surface area contributed by atoms with Crippen molar-refractivity contribution in [1.29, 1.82) is 0 Å². The molecule has 1 aliphatic heterocycles. The molecule has 0 amide bonds. The highest BCUT2D eigenvalue weighted by Crippen LogP contribution is 2.43. The Bertz CT molecular complexity index is 649. The number of aliphatic hydroxyl groups is 1. The average Bonchev–Trinajstić information content (AvgIpc) is 3.03. The zero-order valence-corrected chi connectivity index (χ0v) is 10.8. The Labute approximate surface area is 116 Å². The third-order valence-corrected chi connectivity index (χ3v) is 4.06. The van der Waals surface area contributed by atoms with Gasteiger partial charge >= 0.3 is 6.18 Å². The summed E-state index contributed by atoms with van der Waals surface area (Å²) in [5.74, 6) is 1.05. The van der Waals surface area contributed by atoms with Crippen molar-refractivity contribution in [3.05, 3.63) is 34.0 Å². The molecule has 1 N–H and O–H groups in total. The lowest BCUT2D eigenvalue weighted by atomic mass is 10.0. The SMILES string of the molecule is OCc1c(-c2ccc3c(c2)OCO3)csc1C(F)(F)F. The Balaban J connectivity index is 2.09. The molecular weight excluding hydrogens is 293 g/mol. The van der Waals surface area contributed by atoms with Crippen LogP contribution in [0.3, 0.4) is 0 Å². The van der Waals surface area contributed by atoms with Crippen molar-refractivity contribution >= 4 is 11.3 Å². The molecule has 0 fully saturated rings. The lowest BCUT2D eigenvalue weighted by Crippen LogP contribution is -2.05. The minimum absolute atomic E-state index is 0.100. The first-order valence-corrected chi connectivity index (χ1v) is 6.57. The van der Waals surface area contributed by atoms with Crippen LogP contribution in [-0.2, 0) is 12.8 Å². The van der Waals surface area contributed by atoms with Gasteiger partial charge in [0.15, 0.2) is 11.5 Å². The second-order valence-electron chi connectivity index (χ2n) is 4.18. The Morgan fingerprint density at radius 3 is 2.65 bits per heavy atom. The van der Waals surface area contributed by atoms with Crippen molar-refractivity contribution in [1.82, 2.24) is 0 Å². The maximum atomic E-state index is 12.8. The molecule has 0 bridgehead atoms. The van der Waals surface area contributed by atoms with Gasteiger partial charge in [0.1, 0.15) is 4.88 Å². The summed E-state index contributed by atoms with van der Waals surface area (Å²) in [4.78, 5) is -0.771. The molecule has 2 aromatic rings. The highest BCUT2D eigenvalue weighted by atomic mass is 32.1. The van der Waals surface area contributed by atoms with Gasteiger partial charge in [-0.1, -0.05) is 6.07 Å². The van der Waals surface area contributed by atoms with Crippen LogP contribution in [0, 0.1) is 0 Å². The van der Waals surface area contributed by atoms with E-state index in [0.717, 1.165) is 0 Å². The van der Waals surface area contributed by atoms with Crippen LogP contribution in [0.25, 0.3) is 11.1 Å². The van der Waals surface area contributed by atoms with E-state index in [9.17, 15) is 18.3 Å². The van der Waals surface area contributed by atoms with Gasteiger partial charge in [-0.3, -0.25) is 0 Å². The number of alkyl halides is 3. The van der Waals surface area contributed by atoms with Crippen LogP contribution in [0.2, 0.25) is 0 Å². The van der Waals surface area contributed by atoms with Crippen LogP contribution >= 0.6 is 11.3 Å². The van der Waals surface area contributed by atoms with Gasteiger partial charge in [0.25, 0.3) is 0 Å². The molecule has 0 atom stereocenters. The third-order valence-electron chi connectivity index (χ3n) is 2.99. The zero-order valence-electron chi connectivity index (χ0n) is 10.0. The Kier molecular flexibility index (Phi) is 3.10. The Morgan fingerprint density at radius 2 is 1.95 bits per heavy atom. The Morgan fingerprint density at radius 1 is 1.20 bits per heavy atom. The number of rotatable bonds is 2. The van der Waals surface area contributed by atoms with E-state index in [2.05, 4.69) is 0 Å². The van der Waals surface area contributed by atoms with Gasteiger partial charge < -0.3 is 14.6 Å². The summed E-state index contributed by atoms with van der Waals surface area (Å²) in [6.07, 6.45) is -4.46. The number of ether oxygens (including phenoxy) is 2. The van der Waals surface area contributed by atoms with Gasteiger partial charge in [-0.25, -0.2) is 0 Å². The summed E-state index contributed by atoms with van der Waals surface area (Å²) in [6, 6.07) is 4.91. The van der Waals surface area contributed by atoms with E-state index in [1.165, 1.54) is 5.38 Å². The zero-order chi connectivity index (χ0) is 14.3. The van der Waals surface area contributed by atoms with Gasteiger partial charge in [-0.15, -0.1) is 11.3 Å². The van der Waals surface area contributed by atoms with Crippen molar-refractivity contribution in [2.45, 2.75) is 12.8 Å². The number of fused-ring (bicyclic) bond motifs is 1. The van der Waals surface area contributed by atoms with E-state index >= 15 is 0 Å². The van der Waals surface area contributed by atoms with E-state index in [1.807, 2.05) is 0 Å². The normalized spacial score (nSPS) is 13.8. The molecule has 20 heavy (non-hydrogen) atoms. The van der Waals surface area contributed by atoms with Crippen LogP contribution in [0.15, 0.2) is 23.6 Å². The van der Waals surface area contributed by atoms with E-state index in [0.29, 0.717) is 34.0 Å². The van der Waals surface area contributed by atoms with Gasteiger partial charge in [0.2, 0.25) is 6.79 Å². The highest BCUT2D eigenvalue weighted by Gasteiger charge is 2.36. The van der Waals surface area contributed by atoms with Gasteiger partial charge in [0.05, 0.1) is 6.61 Å². The number of benzene rings is 1.